The lowest BCUT2D eigenvalue weighted by molar-refractivity contribution is 0.0695. The fourth-order valence-electron chi connectivity index (χ4n) is 3.28. The minimum absolute atomic E-state index is 0.375. The van der Waals surface area contributed by atoms with E-state index in [1.54, 1.807) is 0 Å². The molecule has 3 heteroatoms. The largest absolute Gasteiger partial charge is 0.308 e. The molecule has 2 nitrogen and oxygen atoms in total. The number of hydrogen-bond donors (Lipinski definition) is 1. The average Bonchev–Trinajstić information content (AvgIpc) is 3.19. The molecule has 0 aromatic carbocycles. The number of hydrogen-bond acceptors (Lipinski definition) is 3. The molecule has 106 valence electrons. The van der Waals surface area contributed by atoms with Gasteiger partial charge in [-0.15, -0.1) is 0 Å². The third-order valence-corrected chi connectivity index (χ3v) is 6.69. The van der Waals surface area contributed by atoms with Gasteiger partial charge in [-0.25, -0.2) is 0 Å². The minimum atomic E-state index is 0.375. The van der Waals surface area contributed by atoms with Crippen LogP contribution in [-0.4, -0.2) is 47.1 Å². The molecule has 1 saturated heterocycles. The molecule has 0 aromatic rings. The summed E-state index contributed by atoms with van der Waals surface area (Å²) in [5, 5.41) is 3.84. The van der Waals surface area contributed by atoms with Crippen molar-refractivity contribution in [1.29, 1.82) is 0 Å². The molecule has 18 heavy (non-hydrogen) atoms. The Morgan fingerprint density at radius 1 is 1.22 bits per heavy atom. The third kappa shape index (κ3) is 2.88. The SMILES string of the molecule is CCC1CNC(CC)(CC)CN1CC1(SC)CC1. The maximum Gasteiger partial charge on any atom is 0.0304 e. The fourth-order valence-corrected chi connectivity index (χ4v) is 4.09. The number of nitrogens with one attached hydrogen (secondary N) is 1. The van der Waals surface area contributed by atoms with Crippen molar-refractivity contribution < 1.29 is 0 Å². The van der Waals surface area contributed by atoms with Crippen molar-refractivity contribution >= 4 is 11.8 Å². The molecule has 1 heterocycles. The van der Waals surface area contributed by atoms with Crippen molar-refractivity contribution in [2.75, 3.05) is 25.9 Å². The lowest BCUT2D eigenvalue weighted by Crippen LogP contribution is -2.64. The molecule has 2 aliphatic rings. The molecule has 0 spiro atoms. The van der Waals surface area contributed by atoms with Gasteiger partial charge in [-0.05, 0) is 38.4 Å². The maximum atomic E-state index is 3.84. The van der Waals surface area contributed by atoms with E-state index >= 15 is 0 Å². The maximum absolute atomic E-state index is 3.84. The number of rotatable bonds is 6. The van der Waals surface area contributed by atoms with Crippen LogP contribution in [0.15, 0.2) is 0 Å². The van der Waals surface area contributed by atoms with Gasteiger partial charge >= 0.3 is 0 Å². The highest BCUT2D eigenvalue weighted by Crippen LogP contribution is 2.48. The third-order valence-electron chi connectivity index (χ3n) is 5.29. The zero-order valence-corrected chi connectivity index (χ0v) is 13.4. The highest BCUT2D eigenvalue weighted by molar-refractivity contribution is 8.00. The van der Waals surface area contributed by atoms with E-state index in [0.29, 0.717) is 10.3 Å². The second kappa shape index (κ2) is 5.72. The number of nitrogens with zero attached hydrogens (tertiary/aromatic N) is 1. The highest BCUT2D eigenvalue weighted by atomic mass is 32.2. The first-order valence-electron chi connectivity index (χ1n) is 7.67. The molecule has 0 aromatic heterocycles. The summed E-state index contributed by atoms with van der Waals surface area (Å²) in [6.45, 7) is 10.8. The van der Waals surface area contributed by atoms with Crippen LogP contribution in [0.3, 0.4) is 0 Å². The molecule has 1 saturated carbocycles. The van der Waals surface area contributed by atoms with E-state index in [1.807, 2.05) is 0 Å². The molecule has 1 atom stereocenters. The standard InChI is InChI=1S/C15H30N2S/c1-5-13-10-16-14(6-2,7-3)11-17(13)12-15(18-4)8-9-15/h13,16H,5-12H2,1-4H3. The van der Waals surface area contributed by atoms with Gasteiger partial charge in [0, 0.05) is 36.0 Å². The normalized spacial score (nSPS) is 30.3. The monoisotopic (exact) mass is 270 g/mol. The summed E-state index contributed by atoms with van der Waals surface area (Å²) in [5.41, 5.74) is 0.375. The number of piperazine rings is 1. The van der Waals surface area contributed by atoms with E-state index in [0.717, 1.165) is 6.04 Å². The van der Waals surface area contributed by atoms with Gasteiger partial charge in [0.05, 0.1) is 0 Å². The van der Waals surface area contributed by atoms with Gasteiger partial charge in [0.2, 0.25) is 0 Å². The van der Waals surface area contributed by atoms with Gasteiger partial charge in [-0.1, -0.05) is 20.8 Å². The van der Waals surface area contributed by atoms with Crippen molar-refractivity contribution in [3.63, 3.8) is 0 Å². The Labute approximate surface area is 117 Å². The Bertz CT molecular complexity index is 272. The van der Waals surface area contributed by atoms with Gasteiger partial charge in [0.15, 0.2) is 0 Å². The van der Waals surface area contributed by atoms with Crippen LogP contribution in [0, 0.1) is 0 Å². The Morgan fingerprint density at radius 3 is 2.33 bits per heavy atom. The second-order valence-electron chi connectivity index (χ2n) is 6.22. The van der Waals surface area contributed by atoms with E-state index in [1.165, 1.54) is 51.7 Å². The van der Waals surface area contributed by atoms with Crippen molar-refractivity contribution in [2.45, 2.75) is 69.2 Å². The van der Waals surface area contributed by atoms with Gasteiger partial charge in [0.1, 0.15) is 0 Å². The molecule has 2 rings (SSSR count). The molecule has 1 unspecified atom stereocenters. The Balaban J connectivity index is 2.03. The fraction of sp³-hybridized carbons (Fsp3) is 1.00. The lowest BCUT2D eigenvalue weighted by Gasteiger charge is -2.48. The smallest absolute Gasteiger partial charge is 0.0304 e. The summed E-state index contributed by atoms with van der Waals surface area (Å²) < 4.78 is 0.609. The van der Waals surface area contributed by atoms with Crippen LogP contribution in [0.2, 0.25) is 0 Å². The first-order chi connectivity index (χ1) is 8.62. The van der Waals surface area contributed by atoms with Crippen LogP contribution in [0.25, 0.3) is 0 Å². The van der Waals surface area contributed by atoms with Crippen LogP contribution in [0.1, 0.15) is 52.9 Å². The van der Waals surface area contributed by atoms with Crippen LogP contribution < -0.4 is 5.32 Å². The van der Waals surface area contributed by atoms with E-state index in [2.05, 4.69) is 49.0 Å². The van der Waals surface area contributed by atoms with Gasteiger partial charge in [-0.3, -0.25) is 4.90 Å². The summed E-state index contributed by atoms with van der Waals surface area (Å²) in [4.78, 5) is 2.80. The lowest BCUT2D eigenvalue weighted by atomic mass is 9.88. The Kier molecular flexibility index (Phi) is 4.66. The highest BCUT2D eigenvalue weighted by Gasteiger charge is 2.46. The summed E-state index contributed by atoms with van der Waals surface area (Å²) in [6.07, 6.45) is 8.94. The molecule has 0 amide bonds. The Hall–Kier alpha value is 0.270. The van der Waals surface area contributed by atoms with Crippen LogP contribution >= 0.6 is 11.8 Å². The zero-order valence-electron chi connectivity index (χ0n) is 12.6. The molecule has 1 N–H and O–H groups in total. The minimum Gasteiger partial charge on any atom is -0.308 e. The second-order valence-corrected chi connectivity index (χ2v) is 7.50. The summed E-state index contributed by atoms with van der Waals surface area (Å²) in [6, 6.07) is 0.751. The predicted molar refractivity (Wildman–Crippen MR) is 82.4 cm³/mol. The number of thioether (sulfide) groups is 1. The van der Waals surface area contributed by atoms with Crippen LogP contribution in [-0.2, 0) is 0 Å². The van der Waals surface area contributed by atoms with Crippen molar-refractivity contribution in [2.24, 2.45) is 0 Å². The summed E-state index contributed by atoms with van der Waals surface area (Å²) >= 11 is 2.10. The quantitative estimate of drug-likeness (QED) is 0.798. The van der Waals surface area contributed by atoms with E-state index in [4.69, 9.17) is 0 Å². The van der Waals surface area contributed by atoms with E-state index in [9.17, 15) is 0 Å². The first-order valence-corrected chi connectivity index (χ1v) is 8.89. The first kappa shape index (κ1) is 14.7. The van der Waals surface area contributed by atoms with E-state index in [-0.39, 0.29) is 0 Å². The molecule has 0 bridgehead atoms. The van der Waals surface area contributed by atoms with Gasteiger partial charge in [-0.2, -0.15) is 11.8 Å². The van der Waals surface area contributed by atoms with Crippen molar-refractivity contribution in [3.8, 4) is 0 Å². The van der Waals surface area contributed by atoms with Crippen LogP contribution in [0.5, 0.6) is 0 Å². The predicted octanol–water partition coefficient (Wildman–Crippen LogP) is 3.12. The molecular formula is C15H30N2S. The van der Waals surface area contributed by atoms with E-state index < -0.39 is 0 Å². The molecule has 0 radical (unpaired) electrons. The van der Waals surface area contributed by atoms with Gasteiger partial charge in [0.25, 0.3) is 0 Å². The molecule has 1 aliphatic heterocycles. The summed E-state index contributed by atoms with van der Waals surface area (Å²) in [5.74, 6) is 0. The molecule has 2 fully saturated rings. The van der Waals surface area contributed by atoms with Crippen molar-refractivity contribution in [3.05, 3.63) is 0 Å². The molecular weight excluding hydrogens is 240 g/mol. The molecule has 1 aliphatic carbocycles. The van der Waals surface area contributed by atoms with Crippen LogP contribution in [0.4, 0.5) is 0 Å². The Morgan fingerprint density at radius 2 is 1.89 bits per heavy atom. The topological polar surface area (TPSA) is 15.3 Å². The van der Waals surface area contributed by atoms with Gasteiger partial charge < -0.3 is 5.32 Å². The van der Waals surface area contributed by atoms with Crippen molar-refractivity contribution in [1.82, 2.24) is 10.2 Å². The zero-order chi connectivity index (χ0) is 13.2. The average molecular weight is 270 g/mol. The summed E-state index contributed by atoms with van der Waals surface area (Å²) in [7, 11) is 0.